The summed E-state index contributed by atoms with van der Waals surface area (Å²) in [7, 11) is 0. The molecular formula is C17H17NO2S. The Balaban J connectivity index is 2.28. The van der Waals surface area contributed by atoms with Gasteiger partial charge in [0.05, 0.1) is 23.1 Å². The van der Waals surface area contributed by atoms with E-state index >= 15 is 0 Å². The average Bonchev–Trinajstić information content (AvgIpc) is 3.11. The van der Waals surface area contributed by atoms with Crippen LogP contribution in [0.2, 0.25) is 0 Å². The van der Waals surface area contributed by atoms with Gasteiger partial charge < -0.3 is 9.67 Å². The molecule has 108 valence electrons. The lowest BCUT2D eigenvalue weighted by Crippen LogP contribution is -2.11. The van der Waals surface area contributed by atoms with Crippen LogP contribution in [0.1, 0.15) is 33.9 Å². The highest BCUT2D eigenvalue weighted by atomic mass is 32.1. The monoisotopic (exact) mass is 299 g/mol. The van der Waals surface area contributed by atoms with Crippen molar-refractivity contribution in [2.75, 3.05) is 6.61 Å². The predicted octanol–water partition coefficient (Wildman–Crippen LogP) is 3.80. The largest absolute Gasteiger partial charge is 0.394 e. The molecule has 2 heterocycles. The van der Waals surface area contributed by atoms with Crippen LogP contribution in [-0.4, -0.2) is 22.1 Å². The first-order valence-corrected chi connectivity index (χ1v) is 7.81. The number of aliphatic hydroxyl groups is 1. The number of rotatable bonds is 4. The van der Waals surface area contributed by atoms with Gasteiger partial charge in [-0.05, 0) is 31.4 Å². The number of aliphatic hydroxyl groups excluding tert-OH is 1. The summed E-state index contributed by atoms with van der Waals surface area (Å²) in [6.45, 7) is 3.96. The van der Waals surface area contributed by atoms with Gasteiger partial charge in [-0.25, -0.2) is 0 Å². The first-order valence-electron chi connectivity index (χ1n) is 6.93. The lowest BCUT2D eigenvalue weighted by Gasteiger charge is -2.15. The Morgan fingerprint density at radius 3 is 2.71 bits per heavy atom. The van der Waals surface area contributed by atoms with E-state index in [1.807, 2.05) is 55.6 Å². The molecule has 2 aromatic heterocycles. The van der Waals surface area contributed by atoms with Gasteiger partial charge in [0, 0.05) is 16.6 Å². The number of benzene rings is 1. The van der Waals surface area contributed by atoms with Crippen LogP contribution in [0.5, 0.6) is 0 Å². The number of aromatic nitrogens is 1. The van der Waals surface area contributed by atoms with Crippen molar-refractivity contribution in [2.45, 2.75) is 19.9 Å². The van der Waals surface area contributed by atoms with Crippen LogP contribution in [0.3, 0.4) is 0 Å². The van der Waals surface area contributed by atoms with Gasteiger partial charge in [-0.2, -0.15) is 0 Å². The van der Waals surface area contributed by atoms with Crippen molar-refractivity contribution in [3.8, 4) is 0 Å². The minimum Gasteiger partial charge on any atom is -0.394 e. The van der Waals surface area contributed by atoms with Crippen molar-refractivity contribution in [3.05, 3.63) is 57.9 Å². The van der Waals surface area contributed by atoms with E-state index in [4.69, 9.17) is 0 Å². The minimum absolute atomic E-state index is 0.0478. The third kappa shape index (κ3) is 2.20. The molecule has 1 N–H and O–H groups in total. The maximum absolute atomic E-state index is 12.8. The molecule has 3 rings (SSSR count). The Hall–Kier alpha value is -1.91. The van der Waals surface area contributed by atoms with E-state index in [0.29, 0.717) is 0 Å². The Morgan fingerprint density at radius 2 is 2.05 bits per heavy atom. The molecule has 0 amide bonds. The normalized spacial score (nSPS) is 12.7. The van der Waals surface area contributed by atoms with E-state index in [2.05, 4.69) is 4.57 Å². The first kappa shape index (κ1) is 14.0. The molecule has 3 nitrogen and oxygen atoms in total. The number of hydrogen-bond acceptors (Lipinski definition) is 3. The molecule has 21 heavy (non-hydrogen) atoms. The van der Waals surface area contributed by atoms with Crippen LogP contribution in [0.25, 0.3) is 10.9 Å². The van der Waals surface area contributed by atoms with Gasteiger partial charge in [0.15, 0.2) is 0 Å². The summed E-state index contributed by atoms with van der Waals surface area (Å²) in [6, 6.07) is 11.6. The van der Waals surface area contributed by atoms with Crippen molar-refractivity contribution in [1.82, 2.24) is 4.57 Å². The molecular weight excluding hydrogens is 282 g/mol. The number of thiophene rings is 1. The molecule has 0 saturated heterocycles. The zero-order valence-corrected chi connectivity index (χ0v) is 12.9. The van der Waals surface area contributed by atoms with Crippen LogP contribution in [0.4, 0.5) is 0 Å². The average molecular weight is 299 g/mol. The number of nitrogens with zero attached hydrogens (tertiary/aromatic N) is 1. The topological polar surface area (TPSA) is 42.2 Å². The van der Waals surface area contributed by atoms with Gasteiger partial charge in [-0.3, -0.25) is 4.79 Å². The summed E-state index contributed by atoms with van der Waals surface area (Å²) in [5, 5.41) is 12.4. The van der Waals surface area contributed by atoms with Crippen LogP contribution < -0.4 is 0 Å². The number of fused-ring (bicyclic) bond motifs is 1. The minimum atomic E-state index is -0.0558. The zero-order chi connectivity index (χ0) is 15.0. The SMILES string of the molecule is Cc1c(C(=O)c2cccs2)c2ccccc2n1C(C)CO. The molecule has 1 unspecified atom stereocenters. The van der Waals surface area contributed by atoms with E-state index < -0.39 is 0 Å². The molecule has 1 aromatic carbocycles. The Kier molecular flexibility index (Phi) is 3.66. The second kappa shape index (κ2) is 5.47. The second-order valence-electron chi connectivity index (χ2n) is 5.19. The van der Waals surface area contributed by atoms with Gasteiger partial charge in [0.1, 0.15) is 0 Å². The standard InChI is InChI=1S/C17H17NO2S/c1-11(10-19)18-12(2)16(13-6-3-4-7-14(13)18)17(20)15-8-5-9-21-15/h3-9,11,19H,10H2,1-2H3. The molecule has 4 heteroatoms. The molecule has 0 spiro atoms. The quantitative estimate of drug-likeness (QED) is 0.745. The van der Waals surface area contributed by atoms with Crippen LogP contribution >= 0.6 is 11.3 Å². The summed E-state index contributed by atoms with van der Waals surface area (Å²) in [5.41, 5.74) is 2.65. The molecule has 0 radical (unpaired) electrons. The summed E-state index contributed by atoms with van der Waals surface area (Å²) in [4.78, 5) is 13.5. The second-order valence-corrected chi connectivity index (χ2v) is 6.13. The summed E-state index contributed by atoms with van der Waals surface area (Å²) < 4.78 is 2.05. The van der Waals surface area contributed by atoms with Gasteiger partial charge in [0.25, 0.3) is 0 Å². The van der Waals surface area contributed by atoms with Gasteiger partial charge in [-0.15, -0.1) is 11.3 Å². The maximum Gasteiger partial charge on any atom is 0.205 e. The lowest BCUT2D eigenvalue weighted by molar-refractivity contribution is 0.104. The lowest BCUT2D eigenvalue weighted by atomic mass is 10.1. The molecule has 1 atom stereocenters. The molecule has 0 bridgehead atoms. The van der Waals surface area contributed by atoms with E-state index in [0.717, 1.165) is 27.0 Å². The number of carbonyl (C=O) groups is 1. The zero-order valence-electron chi connectivity index (χ0n) is 12.0. The van der Waals surface area contributed by atoms with Crippen LogP contribution in [-0.2, 0) is 0 Å². The molecule has 0 aliphatic carbocycles. The fourth-order valence-corrected chi connectivity index (χ4v) is 3.53. The first-order chi connectivity index (χ1) is 10.1. The van der Waals surface area contributed by atoms with Crippen LogP contribution in [0.15, 0.2) is 41.8 Å². The summed E-state index contributed by atoms with van der Waals surface area (Å²) >= 11 is 1.46. The van der Waals surface area contributed by atoms with E-state index in [1.165, 1.54) is 11.3 Å². The highest BCUT2D eigenvalue weighted by molar-refractivity contribution is 7.12. The van der Waals surface area contributed by atoms with Gasteiger partial charge >= 0.3 is 0 Å². The predicted molar refractivity (Wildman–Crippen MR) is 86.2 cm³/mol. The fourth-order valence-electron chi connectivity index (χ4n) is 2.86. The number of hydrogen-bond donors (Lipinski definition) is 1. The smallest absolute Gasteiger partial charge is 0.205 e. The van der Waals surface area contributed by atoms with Crippen molar-refractivity contribution in [3.63, 3.8) is 0 Å². The van der Waals surface area contributed by atoms with Crippen LogP contribution in [0, 0.1) is 6.92 Å². The molecule has 0 aliphatic heterocycles. The number of para-hydroxylation sites is 1. The third-order valence-electron chi connectivity index (χ3n) is 3.83. The highest BCUT2D eigenvalue weighted by Gasteiger charge is 2.23. The Bertz CT molecular complexity index is 787. The summed E-state index contributed by atoms with van der Waals surface area (Å²) in [6.07, 6.45) is 0. The highest BCUT2D eigenvalue weighted by Crippen LogP contribution is 2.31. The van der Waals surface area contributed by atoms with Crippen molar-refractivity contribution < 1.29 is 9.90 Å². The molecule has 0 fully saturated rings. The molecule has 0 aliphatic rings. The van der Waals surface area contributed by atoms with E-state index in [9.17, 15) is 9.90 Å². The van der Waals surface area contributed by atoms with E-state index in [-0.39, 0.29) is 18.4 Å². The molecule has 0 saturated carbocycles. The van der Waals surface area contributed by atoms with Crippen molar-refractivity contribution in [1.29, 1.82) is 0 Å². The van der Waals surface area contributed by atoms with Crippen molar-refractivity contribution >= 4 is 28.0 Å². The Morgan fingerprint density at radius 1 is 1.29 bits per heavy atom. The van der Waals surface area contributed by atoms with Gasteiger partial charge in [-0.1, -0.05) is 24.3 Å². The van der Waals surface area contributed by atoms with Gasteiger partial charge in [0.2, 0.25) is 5.78 Å². The maximum atomic E-state index is 12.8. The van der Waals surface area contributed by atoms with E-state index in [1.54, 1.807) is 0 Å². The molecule has 3 aromatic rings. The Labute approximate surface area is 127 Å². The number of ketones is 1. The van der Waals surface area contributed by atoms with Crippen molar-refractivity contribution in [2.24, 2.45) is 0 Å². The third-order valence-corrected chi connectivity index (χ3v) is 4.70. The number of carbonyl (C=O) groups excluding carboxylic acids is 1. The summed E-state index contributed by atoms with van der Waals surface area (Å²) in [5.74, 6) is 0.0580. The fraction of sp³-hybridized carbons (Fsp3) is 0.235.